The van der Waals surface area contributed by atoms with Crippen molar-refractivity contribution in [1.82, 2.24) is 15.2 Å². The molecule has 1 atom stereocenters. The average Bonchev–Trinajstić information content (AvgIpc) is 2.53. The van der Waals surface area contributed by atoms with Crippen LogP contribution in [0.4, 0.5) is 11.9 Å². The Labute approximate surface area is 81.1 Å². The van der Waals surface area contributed by atoms with Crippen molar-refractivity contribution in [2.45, 2.75) is 13.0 Å². The van der Waals surface area contributed by atoms with Crippen LogP contribution in [0.25, 0.3) is 0 Å². The Bertz CT molecular complexity index is 286. The number of rotatable bonds is 1. The molecule has 0 aliphatic carbocycles. The topological polar surface area (TPSA) is 70.8 Å². The van der Waals surface area contributed by atoms with E-state index in [-0.39, 0.29) is 0 Å². The molecule has 1 aromatic heterocycles. The van der Waals surface area contributed by atoms with Crippen LogP contribution >= 0.6 is 11.8 Å². The molecule has 1 aliphatic rings. The molecule has 2 heterocycles. The van der Waals surface area contributed by atoms with Crippen molar-refractivity contribution in [2.75, 3.05) is 28.7 Å². The van der Waals surface area contributed by atoms with Crippen LogP contribution in [-0.4, -0.2) is 39.3 Å². The molecule has 1 saturated heterocycles. The number of H-pyrrole nitrogens is 1. The summed E-state index contributed by atoms with van der Waals surface area (Å²) in [6.07, 6.45) is 0. The van der Waals surface area contributed by atoms with E-state index in [2.05, 4.69) is 27.0 Å². The Balaban J connectivity index is 2.14. The molecule has 0 radical (unpaired) electrons. The molecule has 1 fully saturated rings. The summed E-state index contributed by atoms with van der Waals surface area (Å²) >= 11 is 1.97. The first-order chi connectivity index (χ1) is 6.27. The van der Waals surface area contributed by atoms with Gasteiger partial charge in [-0.2, -0.15) is 16.7 Å². The summed E-state index contributed by atoms with van der Waals surface area (Å²) in [6.45, 7) is 3.18. The first kappa shape index (κ1) is 8.68. The summed E-state index contributed by atoms with van der Waals surface area (Å²) in [5.74, 6) is 3.39. The van der Waals surface area contributed by atoms with Gasteiger partial charge in [-0.25, -0.2) is 5.10 Å². The number of hydrogen-bond donors (Lipinski definition) is 2. The molecule has 1 aliphatic heterocycles. The minimum absolute atomic E-state index is 0.389. The van der Waals surface area contributed by atoms with Gasteiger partial charge in [0, 0.05) is 24.1 Å². The van der Waals surface area contributed by atoms with Gasteiger partial charge in [-0.1, -0.05) is 0 Å². The zero-order valence-electron chi connectivity index (χ0n) is 7.53. The molecule has 72 valence electrons. The zero-order valence-corrected chi connectivity index (χ0v) is 8.34. The quantitative estimate of drug-likeness (QED) is 0.682. The average molecular weight is 199 g/mol. The van der Waals surface area contributed by atoms with Gasteiger partial charge in [0.1, 0.15) is 0 Å². The highest BCUT2D eigenvalue weighted by molar-refractivity contribution is 7.99. The van der Waals surface area contributed by atoms with Crippen LogP contribution in [0.5, 0.6) is 0 Å². The molecule has 3 N–H and O–H groups in total. The monoisotopic (exact) mass is 199 g/mol. The summed E-state index contributed by atoms with van der Waals surface area (Å²) in [6, 6.07) is 0.494. The number of nitrogens with one attached hydrogen (secondary N) is 1. The van der Waals surface area contributed by atoms with Crippen LogP contribution in [0, 0.1) is 0 Å². The van der Waals surface area contributed by atoms with Crippen LogP contribution in [0.1, 0.15) is 6.92 Å². The molecule has 13 heavy (non-hydrogen) atoms. The molecule has 0 aromatic carbocycles. The van der Waals surface area contributed by atoms with Gasteiger partial charge in [-0.15, -0.1) is 5.10 Å². The lowest BCUT2D eigenvalue weighted by atomic mass is 10.3. The molecule has 0 amide bonds. The third-order valence-electron chi connectivity index (χ3n) is 2.12. The summed E-state index contributed by atoms with van der Waals surface area (Å²) in [5, 5.41) is 6.70. The first-order valence-corrected chi connectivity index (χ1v) is 5.45. The number of nitrogens with zero attached hydrogens (tertiary/aromatic N) is 3. The van der Waals surface area contributed by atoms with Crippen molar-refractivity contribution in [2.24, 2.45) is 0 Å². The van der Waals surface area contributed by atoms with Crippen molar-refractivity contribution in [1.29, 1.82) is 0 Å². The Morgan fingerprint density at radius 1 is 1.69 bits per heavy atom. The van der Waals surface area contributed by atoms with E-state index >= 15 is 0 Å². The van der Waals surface area contributed by atoms with Gasteiger partial charge in [0.15, 0.2) is 0 Å². The van der Waals surface area contributed by atoms with Crippen LogP contribution in [-0.2, 0) is 0 Å². The number of nitrogen functional groups attached to an aromatic ring is 1. The Morgan fingerprint density at radius 3 is 3.15 bits per heavy atom. The summed E-state index contributed by atoms with van der Waals surface area (Å²) in [7, 11) is 0. The molecule has 0 bridgehead atoms. The highest BCUT2D eigenvalue weighted by Crippen LogP contribution is 2.20. The van der Waals surface area contributed by atoms with Gasteiger partial charge in [0.2, 0.25) is 11.9 Å². The highest BCUT2D eigenvalue weighted by atomic mass is 32.2. The maximum atomic E-state index is 5.47. The largest absolute Gasteiger partial charge is 0.368 e. The number of thioether (sulfide) groups is 1. The second kappa shape index (κ2) is 3.45. The zero-order chi connectivity index (χ0) is 9.26. The first-order valence-electron chi connectivity index (χ1n) is 4.29. The lowest BCUT2D eigenvalue weighted by molar-refractivity contribution is 0.679. The molecular weight excluding hydrogens is 186 g/mol. The van der Waals surface area contributed by atoms with Gasteiger partial charge in [-0.3, -0.25) is 0 Å². The van der Waals surface area contributed by atoms with Gasteiger partial charge in [0.05, 0.1) is 0 Å². The standard InChI is InChI=1S/C7H13N5S/c1-5-4-13-3-2-12(5)7-9-6(8)10-11-7/h5H,2-4H2,1H3,(H3,8,9,10,11). The predicted molar refractivity (Wildman–Crippen MR) is 54.9 cm³/mol. The lowest BCUT2D eigenvalue weighted by Crippen LogP contribution is -2.41. The number of anilines is 2. The highest BCUT2D eigenvalue weighted by Gasteiger charge is 2.21. The van der Waals surface area contributed by atoms with E-state index in [0.717, 1.165) is 24.0 Å². The van der Waals surface area contributed by atoms with Crippen LogP contribution in [0.3, 0.4) is 0 Å². The fourth-order valence-electron chi connectivity index (χ4n) is 1.42. The van der Waals surface area contributed by atoms with Crippen molar-refractivity contribution in [3.63, 3.8) is 0 Å². The summed E-state index contributed by atoms with van der Waals surface area (Å²) in [5.41, 5.74) is 5.47. The van der Waals surface area contributed by atoms with Crippen LogP contribution in [0.2, 0.25) is 0 Å². The van der Waals surface area contributed by atoms with Crippen LogP contribution in [0.15, 0.2) is 0 Å². The Morgan fingerprint density at radius 2 is 2.54 bits per heavy atom. The van der Waals surface area contributed by atoms with E-state index in [0.29, 0.717) is 12.0 Å². The SMILES string of the molecule is CC1CSCCN1c1n[nH]c(N)n1. The van der Waals surface area contributed by atoms with Gasteiger partial charge in [0.25, 0.3) is 0 Å². The number of hydrogen-bond acceptors (Lipinski definition) is 5. The molecule has 0 saturated carbocycles. The normalized spacial score (nSPS) is 23.5. The smallest absolute Gasteiger partial charge is 0.246 e. The number of aromatic nitrogens is 3. The van der Waals surface area contributed by atoms with Crippen LogP contribution < -0.4 is 10.6 Å². The molecule has 2 rings (SSSR count). The van der Waals surface area contributed by atoms with E-state index in [9.17, 15) is 0 Å². The molecular formula is C7H13N5S. The van der Waals surface area contributed by atoms with Gasteiger partial charge < -0.3 is 10.6 Å². The van der Waals surface area contributed by atoms with E-state index in [1.54, 1.807) is 0 Å². The molecule has 1 unspecified atom stereocenters. The molecule has 6 heteroatoms. The van der Waals surface area contributed by atoms with E-state index in [1.165, 1.54) is 0 Å². The number of aromatic amines is 1. The molecule has 0 spiro atoms. The predicted octanol–water partition coefficient (Wildman–Crippen LogP) is 0.329. The number of nitrogens with two attached hydrogens (primary N) is 1. The third kappa shape index (κ3) is 1.72. The summed E-state index contributed by atoms with van der Waals surface area (Å²) in [4.78, 5) is 6.30. The van der Waals surface area contributed by atoms with E-state index < -0.39 is 0 Å². The van der Waals surface area contributed by atoms with E-state index in [1.807, 2.05) is 11.8 Å². The fourth-order valence-corrected chi connectivity index (χ4v) is 2.43. The lowest BCUT2D eigenvalue weighted by Gasteiger charge is -2.31. The maximum absolute atomic E-state index is 5.47. The Kier molecular flexibility index (Phi) is 2.30. The van der Waals surface area contributed by atoms with Gasteiger partial charge in [-0.05, 0) is 6.92 Å². The summed E-state index contributed by atoms with van der Waals surface area (Å²) < 4.78 is 0. The molecule has 5 nitrogen and oxygen atoms in total. The van der Waals surface area contributed by atoms with Gasteiger partial charge >= 0.3 is 0 Å². The fraction of sp³-hybridized carbons (Fsp3) is 0.714. The van der Waals surface area contributed by atoms with Crippen molar-refractivity contribution in [3.05, 3.63) is 0 Å². The maximum Gasteiger partial charge on any atom is 0.246 e. The van der Waals surface area contributed by atoms with E-state index in [4.69, 9.17) is 5.73 Å². The van der Waals surface area contributed by atoms with Crippen molar-refractivity contribution < 1.29 is 0 Å². The van der Waals surface area contributed by atoms with Crippen molar-refractivity contribution >= 4 is 23.7 Å². The Hall–Kier alpha value is -0.910. The molecule has 1 aromatic rings. The minimum Gasteiger partial charge on any atom is -0.368 e. The third-order valence-corrected chi connectivity index (χ3v) is 3.30. The minimum atomic E-state index is 0.389. The van der Waals surface area contributed by atoms with Crippen molar-refractivity contribution in [3.8, 4) is 0 Å². The second-order valence-electron chi connectivity index (χ2n) is 3.14. The second-order valence-corrected chi connectivity index (χ2v) is 4.29.